The van der Waals surface area contributed by atoms with E-state index in [9.17, 15) is 9.59 Å². The molecule has 0 bridgehead atoms. The first-order chi connectivity index (χ1) is 11.4. The van der Waals surface area contributed by atoms with Gasteiger partial charge < -0.3 is 5.32 Å². The maximum Gasteiger partial charge on any atom is 0.325 e. The topological polar surface area (TPSA) is 80.1 Å². The van der Waals surface area contributed by atoms with Crippen LogP contribution in [0, 0.1) is 0 Å². The fourth-order valence-corrected chi connectivity index (χ4v) is 3.41. The minimum absolute atomic E-state index is 0.218. The SMILES string of the molecule is CC1(C)NC(=O)N(CCSc2nncn2-c2cccc(Cl)c2)C1=O. The number of benzene rings is 1. The number of nitrogens with one attached hydrogen (secondary N) is 1. The molecule has 3 rings (SSSR count). The van der Waals surface area contributed by atoms with Crippen LogP contribution in [0.4, 0.5) is 4.79 Å². The van der Waals surface area contributed by atoms with Crippen molar-refractivity contribution in [2.45, 2.75) is 24.5 Å². The summed E-state index contributed by atoms with van der Waals surface area (Å²) >= 11 is 7.43. The first-order valence-electron chi connectivity index (χ1n) is 7.31. The number of carbonyl (C=O) groups excluding carboxylic acids is 2. The van der Waals surface area contributed by atoms with Gasteiger partial charge in [-0.25, -0.2) is 4.79 Å². The van der Waals surface area contributed by atoms with Crippen molar-refractivity contribution >= 4 is 35.3 Å². The molecule has 126 valence electrons. The van der Waals surface area contributed by atoms with Crippen LogP contribution in [0.15, 0.2) is 35.7 Å². The second kappa shape index (κ2) is 6.45. The average Bonchev–Trinajstić information content (AvgIpc) is 3.05. The van der Waals surface area contributed by atoms with Crippen molar-refractivity contribution in [1.82, 2.24) is 25.0 Å². The molecule has 2 aromatic rings. The number of thioether (sulfide) groups is 1. The lowest BCUT2D eigenvalue weighted by Crippen LogP contribution is -2.40. The van der Waals surface area contributed by atoms with Gasteiger partial charge in [-0.2, -0.15) is 0 Å². The van der Waals surface area contributed by atoms with Crippen LogP contribution in [0.3, 0.4) is 0 Å². The number of nitrogens with zero attached hydrogens (tertiary/aromatic N) is 4. The highest BCUT2D eigenvalue weighted by molar-refractivity contribution is 7.99. The number of rotatable bonds is 5. The molecule has 1 aromatic heterocycles. The van der Waals surface area contributed by atoms with Crippen LogP contribution in [0.5, 0.6) is 0 Å². The summed E-state index contributed by atoms with van der Waals surface area (Å²) < 4.78 is 1.81. The van der Waals surface area contributed by atoms with Gasteiger partial charge in [0.05, 0.1) is 5.69 Å². The van der Waals surface area contributed by atoms with Crippen molar-refractivity contribution in [3.05, 3.63) is 35.6 Å². The summed E-state index contributed by atoms with van der Waals surface area (Å²) in [6.45, 7) is 3.69. The Balaban J connectivity index is 1.66. The standard InChI is InChI=1S/C15H16ClN5O2S/c1-15(2)12(22)20(13(23)18-15)6-7-24-14-19-17-9-21(14)11-5-3-4-10(16)8-11/h3-5,8-9H,6-7H2,1-2H3,(H,18,23). The minimum atomic E-state index is -0.845. The Hall–Kier alpha value is -2.06. The summed E-state index contributed by atoms with van der Waals surface area (Å²) in [4.78, 5) is 25.2. The molecule has 0 aliphatic carbocycles. The quantitative estimate of drug-likeness (QED) is 0.649. The number of hydrogen-bond acceptors (Lipinski definition) is 5. The summed E-state index contributed by atoms with van der Waals surface area (Å²) in [5, 5.41) is 12.0. The molecule has 0 radical (unpaired) electrons. The van der Waals surface area contributed by atoms with Gasteiger partial charge in [-0.15, -0.1) is 10.2 Å². The molecule has 24 heavy (non-hydrogen) atoms. The maximum absolute atomic E-state index is 12.1. The summed E-state index contributed by atoms with van der Waals surface area (Å²) in [6, 6.07) is 7.00. The number of halogens is 1. The molecule has 7 nitrogen and oxygen atoms in total. The molecule has 9 heteroatoms. The average molecular weight is 366 g/mol. The molecule has 0 atom stereocenters. The second-order valence-electron chi connectivity index (χ2n) is 5.82. The van der Waals surface area contributed by atoms with Gasteiger partial charge in [0.1, 0.15) is 11.9 Å². The van der Waals surface area contributed by atoms with E-state index in [1.54, 1.807) is 26.2 Å². The number of carbonyl (C=O) groups is 2. The Labute approximate surface area is 148 Å². The zero-order chi connectivity index (χ0) is 17.3. The van der Waals surface area contributed by atoms with E-state index < -0.39 is 5.54 Å². The molecular formula is C15H16ClN5O2S. The molecule has 1 aliphatic rings. The summed E-state index contributed by atoms with van der Waals surface area (Å²) in [5.74, 6) is 0.304. The van der Waals surface area contributed by atoms with E-state index in [1.807, 2.05) is 22.8 Å². The number of amides is 3. The largest absolute Gasteiger partial charge is 0.325 e. The first-order valence-corrected chi connectivity index (χ1v) is 8.68. The third kappa shape index (κ3) is 3.25. The Kier molecular flexibility index (Phi) is 4.51. The first kappa shape index (κ1) is 16.8. The Bertz CT molecular complexity index is 792. The van der Waals surface area contributed by atoms with Crippen LogP contribution in [0.2, 0.25) is 5.02 Å². The fraction of sp³-hybridized carbons (Fsp3) is 0.333. The molecule has 2 heterocycles. The smallest absolute Gasteiger partial charge is 0.324 e. The zero-order valence-electron chi connectivity index (χ0n) is 13.2. The summed E-state index contributed by atoms with van der Waals surface area (Å²) in [6.07, 6.45) is 1.60. The van der Waals surface area contributed by atoms with Crippen molar-refractivity contribution < 1.29 is 9.59 Å². The zero-order valence-corrected chi connectivity index (χ0v) is 14.8. The van der Waals surface area contributed by atoms with Gasteiger partial charge in [-0.05, 0) is 32.0 Å². The lowest BCUT2D eigenvalue weighted by atomic mass is 10.1. The summed E-state index contributed by atoms with van der Waals surface area (Å²) in [7, 11) is 0. The van der Waals surface area contributed by atoms with Crippen LogP contribution < -0.4 is 5.32 Å². The normalized spacial score (nSPS) is 16.5. The fourth-order valence-electron chi connectivity index (χ4n) is 2.38. The van der Waals surface area contributed by atoms with Gasteiger partial charge in [-0.3, -0.25) is 14.3 Å². The predicted octanol–water partition coefficient (Wildman–Crippen LogP) is 2.34. The Morgan fingerprint density at radius 3 is 2.79 bits per heavy atom. The molecule has 1 aliphatic heterocycles. The maximum atomic E-state index is 12.1. The number of imide groups is 1. The van der Waals surface area contributed by atoms with E-state index in [-0.39, 0.29) is 11.9 Å². The van der Waals surface area contributed by atoms with E-state index >= 15 is 0 Å². The molecule has 1 fully saturated rings. The van der Waals surface area contributed by atoms with E-state index in [1.165, 1.54) is 16.7 Å². The molecular weight excluding hydrogens is 350 g/mol. The van der Waals surface area contributed by atoms with Gasteiger partial charge in [-0.1, -0.05) is 29.4 Å². The lowest BCUT2D eigenvalue weighted by molar-refractivity contribution is -0.130. The van der Waals surface area contributed by atoms with Crippen molar-refractivity contribution in [2.24, 2.45) is 0 Å². The third-order valence-corrected chi connectivity index (χ3v) is 4.75. The van der Waals surface area contributed by atoms with Crippen molar-refractivity contribution in [2.75, 3.05) is 12.3 Å². The van der Waals surface area contributed by atoms with Crippen LogP contribution in [0.1, 0.15) is 13.8 Å². The van der Waals surface area contributed by atoms with Crippen LogP contribution in [-0.2, 0) is 4.79 Å². The van der Waals surface area contributed by atoms with E-state index in [4.69, 9.17) is 11.6 Å². The molecule has 3 amide bonds. The van der Waals surface area contributed by atoms with Crippen molar-refractivity contribution in [1.29, 1.82) is 0 Å². The third-order valence-electron chi connectivity index (χ3n) is 3.59. The van der Waals surface area contributed by atoms with Gasteiger partial charge >= 0.3 is 6.03 Å². The highest BCUT2D eigenvalue weighted by Crippen LogP contribution is 2.23. The van der Waals surface area contributed by atoms with Crippen LogP contribution >= 0.6 is 23.4 Å². The van der Waals surface area contributed by atoms with E-state index in [0.29, 0.717) is 22.5 Å². The molecule has 0 spiro atoms. The number of urea groups is 1. The number of hydrogen-bond donors (Lipinski definition) is 1. The minimum Gasteiger partial charge on any atom is -0.324 e. The molecule has 1 aromatic carbocycles. The molecule has 0 saturated carbocycles. The Morgan fingerprint density at radius 1 is 1.33 bits per heavy atom. The van der Waals surface area contributed by atoms with Gasteiger partial charge in [0.15, 0.2) is 5.16 Å². The highest BCUT2D eigenvalue weighted by Gasteiger charge is 2.43. The van der Waals surface area contributed by atoms with Crippen molar-refractivity contribution in [3.8, 4) is 5.69 Å². The van der Waals surface area contributed by atoms with Gasteiger partial charge in [0.2, 0.25) is 0 Å². The van der Waals surface area contributed by atoms with E-state index in [0.717, 1.165) is 5.69 Å². The molecule has 1 saturated heterocycles. The second-order valence-corrected chi connectivity index (χ2v) is 7.32. The molecule has 0 unspecified atom stereocenters. The predicted molar refractivity (Wildman–Crippen MR) is 91.4 cm³/mol. The number of aromatic nitrogens is 3. The summed E-state index contributed by atoms with van der Waals surface area (Å²) in [5.41, 5.74) is 0.00821. The lowest BCUT2D eigenvalue weighted by Gasteiger charge is -2.15. The van der Waals surface area contributed by atoms with E-state index in [2.05, 4.69) is 15.5 Å². The highest BCUT2D eigenvalue weighted by atomic mass is 35.5. The van der Waals surface area contributed by atoms with Crippen LogP contribution in [0.25, 0.3) is 5.69 Å². The van der Waals surface area contributed by atoms with Gasteiger partial charge in [0, 0.05) is 17.3 Å². The Morgan fingerprint density at radius 2 is 2.12 bits per heavy atom. The monoisotopic (exact) mass is 365 g/mol. The van der Waals surface area contributed by atoms with Crippen molar-refractivity contribution in [3.63, 3.8) is 0 Å². The van der Waals surface area contributed by atoms with Crippen LogP contribution in [-0.4, -0.2) is 49.4 Å². The molecule has 1 N–H and O–H groups in total. The van der Waals surface area contributed by atoms with Gasteiger partial charge in [0.25, 0.3) is 5.91 Å².